The second-order valence-electron chi connectivity index (χ2n) is 10.2. The van der Waals surface area contributed by atoms with Crippen LogP contribution in [0.3, 0.4) is 0 Å². The molecule has 206 valence electrons. The zero-order valence-corrected chi connectivity index (χ0v) is 25.6. The van der Waals surface area contributed by atoms with Crippen LogP contribution in [0.4, 0.5) is 0 Å². The fourth-order valence-corrected chi connectivity index (χ4v) is 8.03. The number of carbonyl (C=O) groups is 1. The van der Waals surface area contributed by atoms with Gasteiger partial charge in [-0.3, -0.25) is 14.2 Å². The Labute approximate surface area is 240 Å². The Morgan fingerprint density at radius 3 is 2.05 bits per heavy atom. The Bertz CT molecular complexity index is 1760. The maximum Gasteiger partial charge on any atom is 0.300 e. The number of rotatable bonds is 6. The second kappa shape index (κ2) is 12.4. The van der Waals surface area contributed by atoms with E-state index in [1.807, 2.05) is 69.3 Å². The molecule has 0 radical (unpaired) electrons. The van der Waals surface area contributed by atoms with Gasteiger partial charge in [0.2, 0.25) is 0 Å². The summed E-state index contributed by atoms with van der Waals surface area (Å²) in [4.78, 5) is 25.5. The third-order valence-corrected chi connectivity index (χ3v) is 10.3. The second-order valence-corrected chi connectivity index (χ2v) is 13.6. The molecule has 5 aromatic rings. The third-order valence-electron chi connectivity index (χ3n) is 6.83. The van der Waals surface area contributed by atoms with Gasteiger partial charge in [0.1, 0.15) is 0 Å². The first-order valence-corrected chi connectivity index (χ1v) is 15.9. The molecule has 0 fully saturated rings. The fourth-order valence-electron chi connectivity index (χ4n) is 4.90. The van der Waals surface area contributed by atoms with Gasteiger partial charge in [0.15, 0.2) is 5.43 Å². The lowest BCUT2D eigenvalue weighted by Crippen LogP contribution is -2.17. The van der Waals surface area contributed by atoms with Gasteiger partial charge in [-0.25, -0.2) is 0 Å². The average Bonchev–Trinajstić information content (AvgIpc) is 2.93. The molecule has 1 heterocycles. The van der Waals surface area contributed by atoms with Crippen molar-refractivity contribution >= 4 is 49.7 Å². The summed E-state index contributed by atoms with van der Waals surface area (Å²) in [5, 5.41) is 2.13. The first kappa shape index (κ1) is 29.6. The molecule has 4 aromatic carbocycles. The van der Waals surface area contributed by atoms with E-state index in [2.05, 4.69) is 26.0 Å². The van der Waals surface area contributed by atoms with E-state index < -0.39 is 12.9 Å². The molecule has 6 heteroatoms. The summed E-state index contributed by atoms with van der Waals surface area (Å²) < 4.78 is 20.9. The molecule has 0 spiro atoms. The van der Waals surface area contributed by atoms with Crippen LogP contribution in [-0.2, 0) is 9.09 Å². The molecule has 0 aliphatic rings. The van der Waals surface area contributed by atoms with E-state index in [1.54, 1.807) is 42.5 Å². The molecule has 0 saturated carbocycles. The Morgan fingerprint density at radius 2 is 1.43 bits per heavy atom. The first-order valence-electron chi connectivity index (χ1n) is 13.4. The number of carbonyl (C=O) groups excluding carboxylic acids is 1. The molecule has 0 amide bonds. The van der Waals surface area contributed by atoms with Gasteiger partial charge in [-0.2, -0.15) is 0 Å². The monoisotopic (exact) mass is 570 g/mol. The van der Waals surface area contributed by atoms with Crippen LogP contribution in [0, 0.1) is 20.8 Å². The molecule has 40 heavy (non-hydrogen) atoms. The zero-order chi connectivity index (χ0) is 29.0. The van der Waals surface area contributed by atoms with Crippen LogP contribution < -0.4 is 10.7 Å². The van der Waals surface area contributed by atoms with Crippen LogP contribution in [0.15, 0.2) is 89.7 Å². The van der Waals surface area contributed by atoms with Gasteiger partial charge in [-0.15, -0.1) is 11.3 Å². The van der Waals surface area contributed by atoms with Gasteiger partial charge in [0, 0.05) is 31.0 Å². The molecule has 0 N–H and O–H groups in total. The van der Waals surface area contributed by atoms with E-state index in [0.29, 0.717) is 16.8 Å². The fraction of sp³-hybridized carbons (Fsp3) is 0.235. The molecule has 0 saturated heterocycles. The van der Waals surface area contributed by atoms with Gasteiger partial charge in [0.25, 0.3) is 5.52 Å². The van der Waals surface area contributed by atoms with Crippen LogP contribution in [0.5, 0.6) is 0 Å². The lowest BCUT2D eigenvalue weighted by atomic mass is 10.0. The van der Waals surface area contributed by atoms with E-state index in [9.17, 15) is 14.2 Å². The Kier molecular flexibility index (Phi) is 9.20. The van der Waals surface area contributed by atoms with Gasteiger partial charge >= 0.3 is 7.37 Å². The average molecular weight is 571 g/mol. The van der Waals surface area contributed by atoms with Gasteiger partial charge in [-0.05, 0) is 86.7 Å². The minimum atomic E-state index is -3.59. The Balaban J connectivity index is 0.000000188. The van der Waals surface area contributed by atoms with Gasteiger partial charge < -0.3 is 4.52 Å². The smallest absolute Gasteiger partial charge is 0.300 e. The molecule has 0 aliphatic heterocycles. The van der Waals surface area contributed by atoms with Crippen molar-refractivity contribution in [2.24, 2.45) is 0 Å². The highest BCUT2D eigenvalue weighted by Crippen LogP contribution is 2.49. The van der Waals surface area contributed by atoms with Crippen LogP contribution in [0.1, 0.15) is 59.3 Å². The van der Waals surface area contributed by atoms with E-state index in [4.69, 9.17) is 4.52 Å². The Hall–Kier alpha value is -3.37. The maximum atomic E-state index is 13.3. The predicted molar refractivity (Wildman–Crippen MR) is 170 cm³/mol. The standard InChI is InChI=1S/C18H21O3P.C16H14OS/c1-5-21-22(20,16-9-7-6-8-10-16)18(19)17-14(3)11-13(2)12-15(17)4;1-10(2)11-7-8-15-13(9-11)16(17)12-5-3-4-6-14(12)18-15/h6-12H,5H2,1-4H3;3-10H,1-2H3. The predicted octanol–water partition coefficient (Wildman–Crippen LogP) is 8.93. The molecule has 5 rings (SSSR count). The third kappa shape index (κ3) is 6.02. The molecule has 1 aromatic heterocycles. The van der Waals surface area contributed by atoms with Crippen molar-refractivity contribution in [3.05, 3.63) is 123 Å². The zero-order valence-electron chi connectivity index (χ0n) is 23.9. The highest BCUT2D eigenvalue weighted by molar-refractivity contribution is 7.83. The highest BCUT2D eigenvalue weighted by atomic mass is 32.1. The maximum absolute atomic E-state index is 13.3. The number of fused-ring (bicyclic) bond motifs is 2. The van der Waals surface area contributed by atoms with Crippen molar-refractivity contribution in [3.8, 4) is 0 Å². The van der Waals surface area contributed by atoms with Crippen molar-refractivity contribution in [1.29, 1.82) is 0 Å². The lowest BCUT2D eigenvalue weighted by Gasteiger charge is -2.19. The van der Waals surface area contributed by atoms with Crippen molar-refractivity contribution < 1.29 is 13.9 Å². The van der Waals surface area contributed by atoms with E-state index in [0.717, 1.165) is 36.9 Å². The summed E-state index contributed by atoms with van der Waals surface area (Å²) in [5.41, 5.74) is 4.21. The molecular weight excluding hydrogens is 535 g/mol. The number of hydrogen-bond donors (Lipinski definition) is 0. The number of hydrogen-bond acceptors (Lipinski definition) is 5. The molecule has 0 aliphatic carbocycles. The minimum Gasteiger partial charge on any atom is -0.320 e. The number of benzene rings is 4. The summed E-state index contributed by atoms with van der Waals surface area (Å²) >= 11 is 1.69. The SMILES string of the molecule is CC(C)c1ccc2sc3ccccc3c(=O)c2c1.CCOP(=O)(C(=O)c1c(C)cc(C)cc1C)c1ccccc1. The van der Waals surface area contributed by atoms with Gasteiger partial charge in [-0.1, -0.05) is 67.9 Å². The summed E-state index contributed by atoms with van der Waals surface area (Å²) in [6.45, 7) is 12.0. The summed E-state index contributed by atoms with van der Waals surface area (Å²) in [6.07, 6.45) is 0. The van der Waals surface area contributed by atoms with Crippen LogP contribution >= 0.6 is 18.7 Å². The van der Waals surface area contributed by atoms with E-state index in [1.165, 1.54) is 5.56 Å². The van der Waals surface area contributed by atoms with Crippen molar-refractivity contribution in [1.82, 2.24) is 0 Å². The lowest BCUT2D eigenvalue weighted by molar-refractivity contribution is 0.105. The molecular formula is C34H35O4PS. The van der Waals surface area contributed by atoms with Crippen molar-refractivity contribution in [2.45, 2.75) is 47.5 Å². The largest absolute Gasteiger partial charge is 0.320 e. The molecule has 1 unspecified atom stereocenters. The highest BCUT2D eigenvalue weighted by Gasteiger charge is 2.37. The topological polar surface area (TPSA) is 60.4 Å². The summed E-state index contributed by atoms with van der Waals surface area (Å²) in [5.74, 6) is 0.449. The quantitative estimate of drug-likeness (QED) is 0.151. The van der Waals surface area contributed by atoms with Crippen LogP contribution in [0.25, 0.3) is 20.2 Å². The van der Waals surface area contributed by atoms with Gasteiger partial charge in [0.05, 0.1) is 6.61 Å². The normalized spacial score (nSPS) is 12.7. The summed E-state index contributed by atoms with van der Waals surface area (Å²) in [6, 6.07) is 26.7. The molecule has 1 atom stereocenters. The van der Waals surface area contributed by atoms with Crippen molar-refractivity contribution in [2.75, 3.05) is 6.61 Å². The molecule has 4 nitrogen and oxygen atoms in total. The molecule has 0 bridgehead atoms. The van der Waals surface area contributed by atoms with Crippen LogP contribution in [0.2, 0.25) is 0 Å². The van der Waals surface area contributed by atoms with E-state index in [-0.39, 0.29) is 12.0 Å². The first-order chi connectivity index (χ1) is 19.1. The number of aryl methyl sites for hydroxylation is 3. The minimum absolute atomic E-state index is 0.154. The van der Waals surface area contributed by atoms with Crippen molar-refractivity contribution in [3.63, 3.8) is 0 Å². The van der Waals surface area contributed by atoms with E-state index >= 15 is 0 Å². The summed E-state index contributed by atoms with van der Waals surface area (Å²) in [7, 11) is -3.59. The Morgan fingerprint density at radius 1 is 0.825 bits per heavy atom. The van der Waals surface area contributed by atoms with Crippen LogP contribution in [-0.4, -0.2) is 12.1 Å².